The first kappa shape index (κ1) is 12.3. The smallest absolute Gasteiger partial charge is 0.303 e. The average Bonchev–Trinajstić information content (AvgIpc) is 2.53. The highest BCUT2D eigenvalue weighted by molar-refractivity contribution is 5.67. The summed E-state index contributed by atoms with van der Waals surface area (Å²) in [5.74, 6) is -0.767. The molecule has 1 aromatic heterocycles. The van der Waals surface area contributed by atoms with Gasteiger partial charge in [0.15, 0.2) is 0 Å². The lowest BCUT2D eigenvalue weighted by molar-refractivity contribution is -0.136. The molecule has 0 spiro atoms. The fourth-order valence-corrected chi connectivity index (χ4v) is 1.76. The van der Waals surface area contributed by atoms with Crippen LogP contribution in [0.3, 0.4) is 0 Å². The fourth-order valence-electron chi connectivity index (χ4n) is 1.76. The molecule has 1 aromatic rings. The fraction of sp³-hybridized carbons (Fsp3) is 0.308. The first-order valence-electron chi connectivity index (χ1n) is 5.28. The quantitative estimate of drug-likeness (QED) is 0.797. The molecule has 0 fully saturated rings. The summed E-state index contributed by atoms with van der Waals surface area (Å²) in [6, 6.07) is 0. The molecule has 1 heterocycles. The number of H-pyrrole nitrogens is 1. The third-order valence-corrected chi connectivity index (χ3v) is 2.61. The number of rotatable bonds is 4. The summed E-state index contributed by atoms with van der Waals surface area (Å²) in [6.07, 6.45) is 6.30. The first-order chi connectivity index (χ1) is 7.60. The number of allylic oxidation sites excluding steroid dienone is 1. The van der Waals surface area contributed by atoms with Crippen LogP contribution in [0.5, 0.6) is 0 Å². The van der Waals surface area contributed by atoms with Gasteiger partial charge in [0.05, 0.1) is 0 Å². The Balaban J connectivity index is 3.22. The molecule has 1 rings (SSSR count). The molecule has 0 aliphatic heterocycles. The van der Waals surface area contributed by atoms with Crippen molar-refractivity contribution in [1.29, 1.82) is 0 Å². The van der Waals surface area contributed by atoms with Crippen molar-refractivity contribution in [3.63, 3.8) is 0 Å². The topological polar surface area (TPSA) is 53.1 Å². The van der Waals surface area contributed by atoms with Crippen molar-refractivity contribution < 1.29 is 9.90 Å². The summed E-state index contributed by atoms with van der Waals surface area (Å²) in [4.78, 5) is 13.8. The minimum absolute atomic E-state index is 0.160. The Kier molecular flexibility index (Phi) is 4.11. The first-order valence-corrected chi connectivity index (χ1v) is 5.28. The normalized spacial score (nSPS) is 13.1. The second kappa shape index (κ2) is 5.35. The van der Waals surface area contributed by atoms with Crippen LogP contribution in [-0.2, 0) is 11.2 Å². The van der Waals surface area contributed by atoms with E-state index in [9.17, 15) is 4.79 Å². The van der Waals surface area contributed by atoms with Gasteiger partial charge in [0.25, 0.3) is 0 Å². The molecule has 3 heteroatoms. The van der Waals surface area contributed by atoms with Gasteiger partial charge >= 0.3 is 5.97 Å². The maximum atomic E-state index is 10.6. The van der Waals surface area contributed by atoms with E-state index in [1.54, 1.807) is 6.08 Å². The maximum Gasteiger partial charge on any atom is 0.303 e. The SMILES string of the molecule is C=C/C=c1\[nH]c(=CC)c(CCC(=O)O)c1C. The Bertz CT molecular complexity index is 509. The molecular weight excluding hydrogens is 202 g/mol. The average molecular weight is 219 g/mol. The standard InChI is InChI=1S/C13H17NO2/c1-4-6-12-9(3)10(7-8-13(15)16)11(5-2)14-12/h4-6,14H,1,7-8H2,2-3H3,(H,15,16)/b11-5?,12-6-. The van der Waals surface area contributed by atoms with E-state index in [1.807, 2.05) is 26.0 Å². The Hall–Kier alpha value is -1.77. The number of nitrogens with one attached hydrogen (secondary N) is 1. The molecule has 0 aliphatic rings. The van der Waals surface area contributed by atoms with Gasteiger partial charge in [-0.1, -0.05) is 18.7 Å². The third-order valence-electron chi connectivity index (χ3n) is 2.61. The highest BCUT2D eigenvalue weighted by Crippen LogP contribution is 2.01. The van der Waals surface area contributed by atoms with Crippen molar-refractivity contribution in [3.8, 4) is 0 Å². The Labute approximate surface area is 94.8 Å². The van der Waals surface area contributed by atoms with Gasteiger partial charge in [0.2, 0.25) is 0 Å². The summed E-state index contributed by atoms with van der Waals surface area (Å²) >= 11 is 0. The van der Waals surface area contributed by atoms with E-state index >= 15 is 0 Å². The molecule has 0 unspecified atom stereocenters. The largest absolute Gasteiger partial charge is 0.481 e. The van der Waals surface area contributed by atoms with Gasteiger partial charge < -0.3 is 10.1 Å². The second-order valence-corrected chi connectivity index (χ2v) is 3.64. The molecular formula is C13H17NO2. The zero-order valence-corrected chi connectivity index (χ0v) is 9.71. The molecule has 0 radical (unpaired) electrons. The lowest BCUT2D eigenvalue weighted by Gasteiger charge is -1.96. The molecule has 0 aliphatic carbocycles. The molecule has 0 amide bonds. The van der Waals surface area contributed by atoms with Gasteiger partial charge in [-0.2, -0.15) is 0 Å². The van der Waals surface area contributed by atoms with E-state index in [0.717, 1.165) is 21.8 Å². The highest BCUT2D eigenvalue weighted by Gasteiger charge is 2.06. The van der Waals surface area contributed by atoms with Crippen LogP contribution in [0, 0.1) is 6.92 Å². The highest BCUT2D eigenvalue weighted by atomic mass is 16.4. The van der Waals surface area contributed by atoms with Crippen molar-refractivity contribution in [2.45, 2.75) is 26.7 Å². The van der Waals surface area contributed by atoms with Crippen molar-refractivity contribution in [1.82, 2.24) is 4.98 Å². The van der Waals surface area contributed by atoms with E-state index in [0.29, 0.717) is 6.42 Å². The van der Waals surface area contributed by atoms with Crippen LogP contribution in [0.4, 0.5) is 0 Å². The van der Waals surface area contributed by atoms with Gasteiger partial charge in [0, 0.05) is 17.1 Å². The van der Waals surface area contributed by atoms with E-state index in [2.05, 4.69) is 11.6 Å². The van der Waals surface area contributed by atoms with Crippen LogP contribution in [-0.4, -0.2) is 16.1 Å². The third kappa shape index (κ3) is 2.63. The van der Waals surface area contributed by atoms with E-state index in [4.69, 9.17) is 5.11 Å². The Morgan fingerprint density at radius 1 is 1.50 bits per heavy atom. The summed E-state index contributed by atoms with van der Waals surface area (Å²) in [5, 5.41) is 10.7. The van der Waals surface area contributed by atoms with Gasteiger partial charge in [0.1, 0.15) is 0 Å². The molecule has 0 saturated carbocycles. The minimum Gasteiger partial charge on any atom is -0.481 e. The lowest BCUT2D eigenvalue weighted by atomic mass is 10.1. The number of carbonyl (C=O) groups is 1. The molecule has 0 saturated heterocycles. The number of carboxylic acids is 1. The second-order valence-electron chi connectivity index (χ2n) is 3.64. The van der Waals surface area contributed by atoms with E-state index in [1.165, 1.54) is 0 Å². The predicted molar refractivity (Wildman–Crippen MR) is 65.5 cm³/mol. The number of aliphatic carboxylic acids is 1. The summed E-state index contributed by atoms with van der Waals surface area (Å²) in [7, 11) is 0. The van der Waals surface area contributed by atoms with Crippen molar-refractivity contribution in [2.75, 3.05) is 0 Å². The Morgan fingerprint density at radius 3 is 2.69 bits per heavy atom. The lowest BCUT2D eigenvalue weighted by Crippen LogP contribution is -2.11. The molecule has 3 nitrogen and oxygen atoms in total. The van der Waals surface area contributed by atoms with Crippen LogP contribution in [0.2, 0.25) is 0 Å². The van der Waals surface area contributed by atoms with Gasteiger partial charge in [-0.05, 0) is 37.5 Å². The van der Waals surface area contributed by atoms with Gasteiger partial charge in [-0.15, -0.1) is 0 Å². The summed E-state index contributed by atoms with van der Waals surface area (Å²) in [5.41, 5.74) is 2.19. The minimum atomic E-state index is -0.767. The molecule has 0 atom stereocenters. The maximum absolute atomic E-state index is 10.6. The number of aromatic amines is 1. The monoisotopic (exact) mass is 219 g/mol. The van der Waals surface area contributed by atoms with Crippen LogP contribution < -0.4 is 10.7 Å². The van der Waals surface area contributed by atoms with Crippen molar-refractivity contribution in [3.05, 3.63) is 34.5 Å². The number of carboxylic acid groups (broad SMARTS) is 1. The Morgan fingerprint density at radius 2 is 2.19 bits per heavy atom. The predicted octanol–water partition coefficient (Wildman–Crippen LogP) is 1.11. The van der Waals surface area contributed by atoms with Crippen molar-refractivity contribution in [2.24, 2.45) is 0 Å². The number of hydrogen-bond acceptors (Lipinski definition) is 1. The van der Waals surface area contributed by atoms with Crippen LogP contribution in [0.15, 0.2) is 12.7 Å². The van der Waals surface area contributed by atoms with E-state index in [-0.39, 0.29) is 6.42 Å². The van der Waals surface area contributed by atoms with Gasteiger partial charge in [-0.3, -0.25) is 4.79 Å². The molecule has 16 heavy (non-hydrogen) atoms. The molecule has 2 N–H and O–H groups in total. The van der Waals surface area contributed by atoms with Gasteiger partial charge in [-0.25, -0.2) is 0 Å². The summed E-state index contributed by atoms with van der Waals surface area (Å²) < 4.78 is 0. The van der Waals surface area contributed by atoms with Crippen LogP contribution >= 0.6 is 0 Å². The zero-order valence-electron chi connectivity index (χ0n) is 9.71. The van der Waals surface area contributed by atoms with Crippen molar-refractivity contribution >= 4 is 18.1 Å². The molecule has 0 bridgehead atoms. The number of aromatic nitrogens is 1. The van der Waals surface area contributed by atoms with E-state index < -0.39 is 5.97 Å². The molecule has 86 valence electrons. The number of hydrogen-bond donors (Lipinski definition) is 2. The van der Waals surface area contributed by atoms with Crippen LogP contribution in [0.25, 0.3) is 12.2 Å². The van der Waals surface area contributed by atoms with Crippen LogP contribution in [0.1, 0.15) is 24.5 Å². The molecule has 0 aromatic carbocycles. The zero-order chi connectivity index (χ0) is 12.1. The summed E-state index contributed by atoms with van der Waals surface area (Å²) in [6.45, 7) is 7.59.